The summed E-state index contributed by atoms with van der Waals surface area (Å²) >= 11 is 1.07. The molecule has 24 heavy (non-hydrogen) atoms. The van der Waals surface area contributed by atoms with Gasteiger partial charge in [0, 0.05) is 12.2 Å². The molecule has 1 aromatic carbocycles. The lowest BCUT2D eigenvalue weighted by Gasteiger charge is -2.19. The van der Waals surface area contributed by atoms with Gasteiger partial charge in [-0.1, -0.05) is 18.2 Å². The molecule has 0 radical (unpaired) electrons. The molecule has 8 heteroatoms. The van der Waals surface area contributed by atoms with E-state index < -0.39 is 21.7 Å². The van der Waals surface area contributed by atoms with Crippen LogP contribution in [0.5, 0.6) is 0 Å². The van der Waals surface area contributed by atoms with E-state index in [2.05, 4.69) is 11.9 Å². The van der Waals surface area contributed by atoms with Crippen LogP contribution in [0.15, 0.2) is 52.6 Å². The van der Waals surface area contributed by atoms with Crippen molar-refractivity contribution in [3.05, 3.63) is 59.7 Å². The van der Waals surface area contributed by atoms with E-state index in [0.29, 0.717) is 11.3 Å². The van der Waals surface area contributed by atoms with Crippen LogP contribution in [0.3, 0.4) is 0 Å². The lowest BCUT2D eigenvalue weighted by molar-refractivity contribution is -0.116. The van der Waals surface area contributed by atoms with Gasteiger partial charge in [-0.05, 0) is 36.1 Å². The Morgan fingerprint density at radius 2 is 2.17 bits per heavy atom. The van der Waals surface area contributed by atoms with Gasteiger partial charge < -0.3 is 5.32 Å². The molecule has 2 rings (SSSR count). The zero-order chi connectivity index (χ0) is 17.7. The van der Waals surface area contributed by atoms with Gasteiger partial charge in [-0.25, -0.2) is 12.8 Å². The highest BCUT2D eigenvalue weighted by Crippen LogP contribution is 2.21. The van der Waals surface area contributed by atoms with Crippen molar-refractivity contribution >= 4 is 33.0 Å². The van der Waals surface area contributed by atoms with E-state index in [4.69, 9.17) is 0 Å². The number of thiophene rings is 1. The first-order chi connectivity index (χ1) is 11.3. The third kappa shape index (κ3) is 4.28. The second kappa shape index (κ2) is 7.69. The Kier molecular flexibility index (Phi) is 5.87. The van der Waals surface area contributed by atoms with Crippen LogP contribution in [0.4, 0.5) is 10.1 Å². The van der Waals surface area contributed by atoms with E-state index in [1.54, 1.807) is 18.4 Å². The maximum absolute atomic E-state index is 13.3. The van der Waals surface area contributed by atoms with Gasteiger partial charge in [-0.2, -0.15) is 4.31 Å². The number of hydrogen-bond donors (Lipinski definition) is 1. The molecule has 0 spiro atoms. The van der Waals surface area contributed by atoms with Gasteiger partial charge in [0.1, 0.15) is 10.0 Å². The molecule has 1 amide bonds. The van der Waals surface area contributed by atoms with E-state index in [0.717, 1.165) is 15.6 Å². The number of anilines is 1. The molecule has 0 saturated carbocycles. The number of rotatable bonds is 7. The first-order valence-electron chi connectivity index (χ1n) is 7.05. The number of benzene rings is 1. The summed E-state index contributed by atoms with van der Waals surface area (Å²) in [5.74, 6) is -1.03. The summed E-state index contributed by atoms with van der Waals surface area (Å²) in [4.78, 5) is 12.2. The van der Waals surface area contributed by atoms with Crippen molar-refractivity contribution in [1.82, 2.24) is 4.31 Å². The first-order valence-corrected chi connectivity index (χ1v) is 9.37. The van der Waals surface area contributed by atoms with Crippen LogP contribution in [-0.2, 0) is 14.8 Å². The molecule has 0 aliphatic heterocycles. The molecule has 0 aliphatic carbocycles. The first kappa shape index (κ1) is 18.3. The second-order valence-corrected chi connectivity index (χ2v) is 8.14. The topological polar surface area (TPSA) is 66.5 Å². The largest absolute Gasteiger partial charge is 0.325 e. The molecule has 0 fully saturated rings. The number of aryl methyl sites for hydroxylation is 1. The number of halogens is 1. The number of sulfonamides is 1. The highest BCUT2D eigenvalue weighted by Gasteiger charge is 2.26. The van der Waals surface area contributed by atoms with E-state index in [-0.39, 0.29) is 17.3 Å². The number of nitrogens with one attached hydrogen (secondary N) is 1. The lowest BCUT2D eigenvalue weighted by Crippen LogP contribution is -2.37. The number of hydrogen-bond acceptors (Lipinski definition) is 4. The zero-order valence-electron chi connectivity index (χ0n) is 13.0. The third-order valence-electron chi connectivity index (χ3n) is 3.22. The molecule has 2 aromatic rings. The number of amides is 1. The van der Waals surface area contributed by atoms with Gasteiger partial charge >= 0.3 is 0 Å². The van der Waals surface area contributed by atoms with E-state index in [1.807, 2.05) is 0 Å². The quantitative estimate of drug-likeness (QED) is 0.764. The van der Waals surface area contributed by atoms with Crippen molar-refractivity contribution < 1.29 is 17.6 Å². The molecule has 0 unspecified atom stereocenters. The van der Waals surface area contributed by atoms with Crippen LogP contribution in [0.1, 0.15) is 5.56 Å². The highest BCUT2D eigenvalue weighted by atomic mass is 32.2. The summed E-state index contributed by atoms with van der Waals surface area (Å²) in [6, 6.07) is 7.12. The summed E-state index contributed by atoms with van der Waals surface area (Å²) in [6.45, 7) is 4.86. The van der Waals surface area contributed by atoms with Crippen LogP contribution in [0.25, 0.3) is 0 Å². The van der Waals surface area contributed by atoms with Gasteiger partial charge in [-0.3, -0.25) is 4.79 Å². The standard InChI is InChI=1S/C16H17FN2O3S2/c1-3-8-19(24(21,22)16-5-4-9-23-16)11-15(20)18-14-10-13(17)7-6-12(14)2/h3-7,9-10H,1,8,11H2,2H3,(H,18,20). The molecule has 128 valence electrons. The highest BCUT2D eigenvalue weighted by molar-refractivity contribution is 7.91. The minimum atomic E-state index is -3.78. The minimum Gasteiger partial charge on any atom is -0.325 e. The summed E-state index contributed by atoms with van der Waals surface area (Å²) in [7, 11) is -3.78. The summed E-state index contributed by atoms with van der Waals surface area (Å²) in [6.07, 6.45) is 1.41. The fourth-order valence-electron chi connectivity index (χ4n) is 2.01. The van der Waals surface area contributed by atoms with E-state index in [9.17, 15) is 17.6 Å². The predicted octanol–water partition coefficient (Wildman–Crippen LogP) is 3.01. The Labute approximate surface area is 144 Å². The molecule has 0 saturated heterocycles. The number of carbonyl (C=O) groups is 1. The molecule has 1 heterocycles. The Hall–Kier alpha value is -2.03. The van der Waals surface area contributed by atoms with Crippen molar-refractivity contribution in [2.24, 2.45) is 0 Å². The maximum atomic E-state index is 13.3. The molecule has 5 nitrogen and oxygen atoms in total. The van der Waals surface area contributed by atoms with Crippen LogP contribution in [0, 0.1) is 12.7 Å². The predicted molar refractivity (Wildman–Crippen MR) is 93.0 cm³/mol. The van der Waals surface area contributed by atoms with Crippen molar-refractivity contribution in [3.63, 3.8) is 0 Å². The van der Waals surface area contributed by atoms with Gasteiger partial charge in [0.05, 0.1) is 6.54 Å². The summed E-state index contributed by atoms with van der Waals surface area (Å²) < 4.78 is 39.5. The monoisotopic (exact) mass is 368 g/mol. The van der Waals surface area contributed by atoms with Gasteiger partial charge in [-0.15, -0.1) is 17.9 Å². The molecule has 0 aliphatic rings. The molecular formula is C16H17FN2O3S2. The van der Waals surface area contributed by atoms with Crippen molar-refractivity contribution in [1.29, 1.82) is 0 Å². The normalized spacial score (nSPS) is 11.5. The molecule has 1 N–H and O–H groups in total. The van der Waals surface area contributed by atoms with E-state index >= 15 is 0 Å². The molecule has 1 aromatic heterocycles. The van der Waals surface area contributed by atoms with Crippen molar-refractivity contribution in [2.75, 3.05) is 18.4 Å². The second-order valence-electron chi connectivity index (χ2n) is 5.03. The molecule has 0 bridgehead atoms. The Balaban J connectivity index is 2.17. The SMILES string of the molecule is C=CCN(CC(=O)Nc1cc(F)ccc1C)S(=O)(=O)c1cccs1. The molecule has 0 atom stereocenters. The minimum absolute atomic E-state index is 0.00418. The maximum Gasteiger partial charge on any atom is 0.253 e. The fraction of sp³-hybridized carbons (Fsp3) is 0.188. The third-order valence-corrected chi connectivity index (χ3v) is 6.40. The van der Waals surface area contributed by atoms with Gasteiger partial charge in [0.25, 0.3) is 10.0 Å². The van der Waals surface area contributed by atoms with Crippen molar-refractivity contribution in [2.45, 2.75) is 11.1 Å². The van der Waals surface area contributed by atoms with Crippen LogP contribution < -0.4 is 5.32 Å². The van der Waals surface area contributed by atoms with Crippen LogP contribution in [-0.4, -0.2) is 31.7 Å². The lowest BCUT2D eigenvalue weighted by atomic mass is 10.2. The Morgan fingerprint density at radius 1 is 1.42 bits per heavy atom. The van der Waals surface area contributed by atoms with Crippen molar-refractivity contribution in [3.8, 4) is 0 Å². The molecular weight excluding hydrogens is 351 g/mol. The zero-order valence-corrected chi connectivity index (χ0v) is 14.7. The van der Waals surface area contributed by atoms with Crippen LogP contribution >= 0.6 is 11.3 Å². The summed E-state index contributed by atoms with van der Waals surface area (Å²) in [5.41, 5.74) is 0.994. The van der Waals surface area contributed by atoms with Gasteiger partial charge in [0.15, 0.2) is 0 Å². The average molecular weight is 368 g/mol. The summed E-state index contributed by atoms with van der Waals surface area (Å²) in [5, 5.41) is 4.19. The van der Waals surface area contributed by atoms with E-state index in [1.165, 1.54) is 30.3 Å². The van der Waals surface area contributed by atoms with Gasteiger partial charge in [0.2, 0.25) is 5.91 Å². The fourth-order valence-corrected chi connectivity index (χ4v) is 4.52. The smallest absolute Gasteiger partial charge is 0.253 e. The average Bonchev–Trinajstić information content (AvgIpc) is 3.05. The Bertz CT molecular complexity index is 833. The number of carbonyl (C=O) groups excluding carboxylic acids is 1. The number of nitrogens with zero attached hydrogens (tertiary/aromatic N) is 1. The van der Waals surface area contributed by atoms with Crippen LogP contribution in [0.2, 0.25) is 0 Å². The Morgan fingerprint density at radius 3 is 2.79 bits per heavy atom.